The van der Waals surface area contributed by atoms with Crippen molar-refractivity contribution in [3.8, 4) is 0 Å². The molecule has 0 heterocycles. The SMILES string of the molecule is COC(=O)c1ccccc1SC(C)CC(=O)O. The number of hydrogen-bond acceptors (Lipinski definition) is 4. The molecular formula is C12H14O4S. The highest BCUT2D eigenvalue weighted by Crippen LogP contribution is 2.28. The second-order valence-electron chi connectivity index (χ2n) is 3.51. The minimum Gasteiger partial charge on any atom is -0.481 e. The molecule has 1 aromatic rings. The van der Waals surface area contributed by atoms with Crippen LogP contribution in [0.15, 0.2) is 29.2 Å². The Morgan fingerprint density at radius 2 is 2.06 bits per heavy atom. The van der Waals surface area contributed by atoms with Gasteiger partial charge in [0.05, 0.1) is 19.1 Å². The number of ether oxygens (including phenoxy) is 1. The van der Waals surface area contributed by atoms with Crippen LogP contribution >= 0.6 is 11.8 Å². The van der Waals surface area contributed by atoms with Crippen molar-refractivity contribution in [2.45, 2.75) is 23.5 Å². The van der Waals surface area contributed by atoms with Crippen molar-refractivity contribution < 1.29 is 19.4 Å². The van der Waals surface area contributed by atoms with Crippen molar-refractivity contribution >= 4 is 23.7 Å². The minimum absolute atomic E-state index is 0.0557. The number of methoxy groups -OCH3 is 1. The topological polar surface area (TPSA) is 63.6 Å². The third-order valence-electron chi connectivity index (χ3n) is 2.08. The molecule has 0 saturated heterocycles. The van der Waals surface area contributed by atoms with E-state index in [9.17, 15) is 9.59 Å². The van der Waals surface area contributed by atoms with Crippen LogP contribution in [0.3, 0.4) is 0 Å². The van der Waals surface area contributed by atoms with Gasteiger partial charge in [-0.1, -0.05) is 19.1 Å². The van der Waals surface area contributed by atoms with Crippen molar-refractivity contribution in [2.75, 3.05) is 7.11 Å². The third kappa shape index (κ3) is 4.11. The molecule has 0 fully saturated rings. The molecule has 1 rings (SSSR count). The van der Waals surface area contributed by atoms with Crippen LogP contribution in [0.1, 0.15) is 23.7 Å². The van der Waals surface area contributed by atoms with E-state index < -0.39 is 11.9 Å². The second-order valence-corrected chi connectivity index (χ2v) is 4.99. The van der Waals surface area contributed by atoms with Crippen LogP contribution in [-0.4, -0.2) is 29.4 Å². The molecule has 92 valence electrons. The molecular weight excluding hydrogens is 240 g/mol. The number of aliphatic carboxylic acids is 1. The fourth-order valence-electron chi connectivity index (χ4n) is 1.35. The van der Waals surface area contributed by atoms with Crippen molar-refractivity contribution in [3.63, 3.8) is 0 Å². The second kappa shape index (κ2) is 6.30. The predicted octanol–water partition coefficient (Wildman–Crippen LogP) is 2.43. The van der Waals surface area contributed by atoms with Crippen molar-refractivity contribution in [1.29, 1.82) is 0 Å². The average Bonchev–Trinajstić information content (AvgIpc) is 2.27. The number of carboxylic acids is 1. The molecule has 0 radical (unpaired) electrons. The van der Waals surface area contributed by atoms with Gasteiger partial charge in [-0.05, 0) is 12.1 Å². The molecule has 17 heavy (non-hydrogen) atoms. The first kappa shape index (κ1) is 13.6. The van der Waals surface area contributed by atoms with E-state index in [1.165, 1.54) is 18.9 Å². The quantitative estimate of drug-likeness (QED) is 0.646. The Balaban J connectivity index is 2.83. The van der Waals surface area contributed by atoms with Crippen LogP contribution in [0.25, 0.3) is 0 Å². The molecule has 1 unspecified atom stereocenters. The summed E-state index contributed by atoms with van der Waals surface area (Å²) in [5.74, 6) is -1.25. The van der Waals surface area contributed by atoms with Gasteiger partial charge in [0, 0.05) is 10.1 Å². The van der Waals surface area contributed by atoms with E-state index in [0.717, 1.165) is 4.90 Å². The van der Waals surface area contributed by atoms with E-state index >= 15 is 0 Å². The van der Waals surface area contributed by atoms with E-state index in [2.05, 4.69) is 4.74 Å². The summed E-state index contributed by atoms with van der Waals surface area (Å²) in [5, 5.41) is 8.58. The first-order valence-corrected chi connectivity index (χ1v) is 5.98. The van der Waals surface area contributed by atoms with Gasteiger partial charge in [0.25, 0.3) is 0 Å². The lowest BCUT2D eigenvalue weighted by molar-refractivity contribution is -0.136. The molecule has 1 aromatic carbocycles. The van der Waals surface area contributed by atoms with Crippen molar-refractivity contribution in [1.82, 2.24) is 0 Å². The lowest BCUT2D eigenvalue weighted by atomic mass is 10.2. The van der Waals surface area contributed by atoms with Gasteiger partial charge in [-0.3, -0.25) is 4.79 Å². The maximum atomic E-state index is 11.5. The van der Waals surface area contributed by atoms with Crippen LogP contribution in [-0.2, 0) is 9.53 Å². The largest absolute Gasteiger partial charge is 0.481 e. The summed E-state index contributed by atoms with van der Waals surface area (Å²) in [6, 6.07) is 7.01. The van der Waals surface area contributed by atoms with E-state index in [4.69, 9.17) is 5.11 Å². The van der Waals surface area contributed by atoms with Crippen LogP contribution in [0.4, 0.5) is 0 Å². The smallest absolute Gasteiger partial charge is 0.338 e. The zero-order chi connectivity index (χ0) is 12.8. The molecule has 0 saturated carbocycles. The molecule has 0 aromatic heterocycles. The standard InChI is InChI=1S/C12H14O4S/c1-8(7-11(13)14)17-10-6-4-3-5-9(10)12(15)16-2/h3-6,8H,7H2,1-2H3,(H,13,14). The van der Waals surface area contributed by atoms with Crippen LogP contribution < -0.4 is 0 Å². The summed E-state index contributed by atoms with van der Waals surface area (Å²) in [5.41, 5.74) is 0.470. The van der Waals surface area contributed by atoms with E-state index in [0.29, 0.717) is 5.56 Å². The van der Waals surface area contributed by atoms with E-state index in [1.807, 2.05) is 13.0 Å². The zero-order valence-electron chi connectivity index (χ0n) is 9.67. The predicted molar refractivity (Wildman–Crippen MR) is 65.4 cm³/mol. The van der Waals surface area contributed by atoms with Gasteiger partial charge in [0.15, 0.2) is 0 Å². The Kier molecular flexibility index (Phi) is 5.03. The fraction of sp³-hybridized carbons (Fsp3) is 0.333. The van der Waals surface area contributed by atoms with E-state index in [1.54, 1.807) is 18.2 Å². The normalized spacial score (nSPS) is 11.9. The molecule has 4 nitrogen and oxygen atoms in total. The lowest BCUT2D eigenvalue weighted by Gasteiger charge is -2.11. The average molecular weight is 254 g/mol. The van der Waals surface area contributed by atoms with Gasteiger partial charge in [-0.15, -0.1) is 11.8 Å². The van der Waals surface area contributed by atoms with Gasteiger partial charge in [-0.2, -0.15) is 0 Å². The number of carboxylic acid groups (broad SMARTS) is 1. The number of carbonyl (C=O) groups is 2. The molecule has 0 aliphatic carbocycles. The summed E-state index contributed by atoms with van der Waals surface area (Å²) >= 11 is 1.36. The van der Waals surface area contributed by atoms with Crippen molar-refractivity contribution in [2.24, 2.45) is 0 Å². The Morgan fingerprint density at radius 3 is 2.65 bits per heavy atom. The van der Waals surface area contributed by atoms with Gasteiger partial charge in [-0.25, -0.2) is 4.79 Å². The number of esters is 1. The summed E-state index contributed by atoms with van der Waals surface area (Å²) in [7, 11) is 1.32. The van der Waals surface area contributed by atoms with Gasteiger partial charge >= 0.3 is 11.9 Å². The first-order valence-electron chi connectivity index (χ1n) is 5.10. The number of thioether (sulfide) groups is 1. The molecule has 1 atom stereocenters. The zero-order valence-corrected chi connectivity index (χ0v) is 10.5. The Labute approximate surface area is 104 Å². The summed E-state index contributed by atoms with van der Waals surface area (Å²) in [4.78, 5) is 22.8. The summed E-state index contributed by atoms with van der Waals surface area (Å²) in [6.45, 7) is 1.81. The molecule has 0 bridgehead atoms. The Morgan fingerprint density at radius 1 is 1.41 bits per heavy atom. The molecule has 0 spiro atoms. The highest BCUT2D eigenvalue weighted by Gasteiger charge is 2.15. The number of benzene rings is 1. The minimum atomic E-state index is -0.847. The van der Waals surface area contributed by atoms with Crippen molar-refractivity contribution in [3.05, 3.63) is 29.8 Å². The van der Waals surface area contributed by atoms with Gasteiger partial charge < -0.3 is 9.84 Å². The van der Waals surface area contributed by atoms with E-state index in [-0.39, 0.29) is 11.7 Å². The summed E-state index contributed by atoms with van der Waals surface area (Å²) in [6.07, 6.45) is 0.0557. The molecule has 0 aliphatic rings. The monoisotopic (exact) mass is 254 g/mol. The van der Waals surface area contributed by atoms with Crippen LogP contribution in [0.2, 0.25) is 0 Å². The Hall–Kier alpha value is -1.49. The van der Waals surface area contributed by atoms with Crippen LogP contribution in [0, 0.1) is 0 Å². The Bertz CT molecular complexity index is 417. The highest BCUT2D eigenvalue weighted by molar-refractivity contribution is 8.00. The number of hydrogen-bond donors (Lipinski definition) is 1. The number of carbonyl (C=O) groups excluding carboxylic acids is 1. The molecule has 0 amide bonds. The molecule has 0 aliphatic heterocycles. The highest BCUT2D eigenvalue weighted by atomic mass is 32.2. The van der Waals surface area contributed by atoms with Gasteiger partial charge in [0.2, 0.25) is 0 Å². The molecule has 1 N–H and O–H groups in total. The first-order chi connectivity index (χ1) is 8.04. The van der Waals surface area contributed by atoms with Crippen LogP contribution in [0.5, 0.6) is 0 Å². The number of rotatable bonds is 5. The maximum absolute atomic E-state index is 11.5. The summed E-state index contributed by atoms with van der Waals surface area (Å²) < 4.78 is 4.67. The fourth-order valence-corrected chi connectivity index (χ4v) is 2.45. The molecule has 5 heteroatoms. The third-order valence-corrected chi connectivity index (χ3v) is 3.26. The van der Waals surface area contributed by atoms with Gasteiger partial charge in [0.1, 0.15) is 0 Å². The lowest BCUT2D eigenvalue weighted by Crippen LogP contribution is -2.08. The maximum Gasteiger partial charge on any atom is 0.338 e.